The Labute approximate surface area is 108 Å². The Morgan fingerprint density at radius 2 is 2.11 bits per heavy atom. The van der Waals surface area contributed by atoms with Gasteiger partial charge in [0.25, 0.3) is 0 Å². The molecule has 0 aliphatic heterocycles. The van der Waals surface area contributed by atoms with Crippen LogP contribution in [0.25, 0.3) is 0 Å². The zero-order valence-electron chi connectivity index (χ0n) is 10.8. The molecule has 1 aromatic rings. The van der Waals surface area contributed by atoms with Gasteiger partial charge in [0.15, 0.2) is 0 Å². The van der Waals surface area contributed by atoms with Crippen LogP contribution in [0.1, 0.15) is 32.3 Å². The number of esters is 1. The number of rotatable bonds is 6. The van der Waals surface area contributed by atoms with E-state index in [0.29, 0.717) is 18.6 Å². The fourth-order valence-electron chi connectivity index (χ4n) is 1.57. The molecular weight excluding hydrogens is 228 g/mol. The number of benzene rings is 1. The lowest BCUT2D eigenvalue weighted by Crippen LogP contribution is -2.17. The lowest BCUT2D eigenvalue weighted by atomic mass is 10.1. The Morgan fingerprint density at radius 1 is 1.44 bits per heavy atom. The average Bonchev–Trinajstić information content (AvgIpc) is 2.38. The molecule has 1 aromatic carbocycles. The van der Waals surface area contributed by atoms with E-state index in [9.17, 15) is 4.79 Å². The minimum Gasteiger partial charge on any atom is -0.466 e. The molecule has 0 saturated heterocycles. The molecule has 0 amide bonds. The normalized spacial score (nSPS) is 11.4. The van der Waals surface area contributed by atoms with E-state index in [1.165, 1.54) is 0 Å². The van der Waals surface area contributed by atoms with Gasteiger partial charge >= 0.3 is 5.97 Å². The smallest absolute Gasteiger partial charge is 0.305 e. The summed E-state index contributed by atoms with van der Waals surface area (Å²) >= 11 is 0. The third-order valence-corrected chi connectivity index (χ3v) is 2.51. The molecule has 4 heteroatoms. The number of hydrogen-bond donors (Lipinski definition) is 1. The summed E-state index contributed by atoms with van der Waals surface area (Å²) in [6, 6.07) is 9.51. The monoisotopic (exact) mass is 246 g/mol. The quantitative estimate of drug-likeness (QED) is 0.784. The minimum atomic E-state index is -0.161. The third kappa shape index (κ3) is 4.88. The lowest BCUT2D eigenvalue weighted by Gasteiger charge is -2.14. The summed E-state index contributed by atoms with van der Waals surface area (Å²) in [5.41, 5.74) is 1.59. The molecule has 0 spiro atoms. The van der Waals surface area contributed by atoms with Crippen molar-refractivity contribution in [2.45, 2.75) is 32.7 Å². The molecule has 96 valence electrons. The van der Waals surface area contributed by atoms with Crippen molar-refractivity contribution in [3.05, 3.63) is 29.8 Å². The second-order valence-corrected chi connectivity index (χ2v) is 4.08. The van der Waals surface area contributed by atoms with Crippen molar-refractivity contribution in [1.82, 2.24) is 0 Å². The number of carbonyl (C=O) groups is 1. The van der Waals surface area contributed by atoms with Crippen LogP contribution in [0.5, 0.6) is 0 Å². The highest BCUT2D eigenvalue weighted by atomic mass is 16.5. The lowest BCUT2D eigenvalue weighted by molar-refractivity contribution is -0.143. The molecule has 1 rings (SSSR count). The number of carbonyl (C=O) groups excluding carboxylic acids is 1. The van der Waals surface area contributed by atoms with Crippen molar-refractivity contribution in [3.8, 4) is 6.07 Å². The van der Waals surface area contributed by atoms with Gasteiger partial charge in [0.2, 0.25) is 0 Å². The Bertz CT molecular complexity index is 420. The maximum absolute atomic E-state index is 11.2. The predicted molar refractivity (Wildman–Crippen MR) is 70.1 cm³/mol. The highest BCUT2D eigenvalue weighted by molar-refractivity contribution is 5.69. The Kier molecular flexibility index (Phi) is 5.72. The largest absolute Gasteiger partial charge is 0.466 e. The summed E-state index contributed by atoms with van der Waals surface area (Å²) in [5.74, 6) is -0.161. The standard InChI is InChI=1S/C14H18N2O2/c1-3-18-14(17)9-4-11(2)16-13-7-5-12(10-15)6-8-13/h5-8,11,16H,3-4,9H2,1-2H3. The van der Waals surface area contributed by atoms with Crippen LogP contribution in [0.3, 0.4) is 0 Å². The molecule has 0 aromatic heterocycles. The number of ether oxygens (including phenoxy) is 1. The van der Waals surface area contributed by atoms with Crippen molar-refractivity contribution in [3.63, 3.8) is 0 Å². The van der Waals surface area contributed by atoms with Crippen LogP contribution in [-0.2, 0) is 9.53 Å². The first-order valence-corrected chi connectivity index (χ1v) is 6.08. The number of nitrogens with zero attached hydrogens (tertiary/aromatic N) is 1. The maximum atomic E-state index is 11.2. The topological polar surface area (TPSA) is 62.1 Å². The zero-order chi connectivity index (χ0) is 13.4. The van der Waals surface area contributed by atoms with Crippen molar-refractivity contribution in [2.75, 3.05) is 11.9 Å². The Hall–Kier alpha value is -2.02. The average molecular weight is 246 g/mol. The highest BCUT2D eigenvalue weighted by Gasteiger charge is 2.07. The SMILES string of the molecule is CCOC(=O)CCC(C)Nc1ccc(C#N)cc1. The number of anilines is 1. The van der Waals surface area contributed by atoms with Crippen molar-refractivity contribution >= 4 is 11.7 Å². The van der Waals surface area contributed by atoms with Crippen molar-refractivity contribution in [1.29, 1.82) is 5.26 Å². The molecule has 0 saturated carbocycles. The molecule has 0 fully saturated rings. The highest BCUT2D eigenvalue weighted by Crippen LogP contribution is 2.12. The van der Waals surface area contributed by atoms with Gasteiger partial charge < -0.3 is 10.1 Å². The van der Waals surface area contributed by atoms with Gasteiger partial charge in [0, 0.05) is 18.2 Å². The molecular formula is C14H18N2O2. The van der Waals surface area contributed by atoms with Crippen LogP contribution in [-0.4, -0.2) is 18.6 Å². The third-order valence-electron chi connectivity index (χ3n) is 2.51. The molecule has 0 heterocycles. The summed E-state index contributed by atoms with van der Waals surface area (Å²) in [6.45, 7) is 4.24. The molecule has 0 bridgehead atoms. The maximum Gasteiger partial charge on any atom is 0.305 e. The van der Waals surface area contributed by atoms with Crippen LogP contribution in [0.4, 0.5) is 5.69 Å². The van der Waals surface area contributed by atoms with Gasteiger partial charge in [-0.3, -0.25) is 4.79 Å². The molecule has 1 N–H and O–H groups in total. The second-order valence-electron chi connectivity index (χ2n) is 4.08. The number of nitriles is 1. The first-order valence-electron chi connectivity index (χ1n) is 6.08. The second kappa shape index (κ2) is 7.33. The molecule has 0 aliphatic rings. The van der Waals surface area contributed by atoms with E-state index in [0.717, 1.165) is 12.1 Å². The summed E-state index contributed by atoms with van der Waals surface area (Å²) in [7, 11) is 0. The molecule has 0 radical (unpaired) electrons. The van der Waals surface area contributed by atoms with Gasteiger partial charge in [0.05, 0.1) is 18.2 Å². The first-order chi connectivity index (χ1) is 8.65. The van der Waals surface area contributed by atoms with Gasteiger partial charge in [0.1, 0.15) is 0 Å². The Balaban J connectivity index is 2.37. The van der Waals surface area contributed by atoms with Gasteiger partial charge in [-0.05, 0) is 44.5 Å². The number of hydrogen-bond acceptors (Lipinski definition) is 4. The minimum absolute atomic E-state index is 0.161. The molecule has 18 heavy (non-hydrogen) atoms. The van der Waals surface area contributed by atoms with Crippen LogP contribution in [0, 0.1) is 11.3 Å². The Morgan fingerprint density at radius 3 is 2.67 bits per heavy atom. The van der Waals surface area contributed by atoms with Crippen LogP contribution in [0.15, 0.2) is 24.3 Å². The van der Waals surface area contributed by atoms with Crippen LogP contribution < -0.4 is 5.32 Å². The summed E-state index contributed by atoms with van der Waals surface area (Å²) < 4.78 is 4.87. The van der Waals surface area contributed by atoms with Gasteiger partial charge in [-0.2, -0.15) is 5.26 Å². The fraction of sp³-hybridized carbons (Fsp3) is 0.429. The fourth-order valence-corrected chi connectivity index (χ4v) is 1.57. The summed E-state index contributed by atoms with van der Waals surface area (Å²) in [6.07, 6.45) is 1.14. The van der Waals surface area contributed by atoms with E-state index in [-0.39, 0.29) is 12.0 Å². The van der Waals surface area contributed by atoms with E-state index in [2.05, 4.69) is 11.4 Å². The van der Waals surface area contributed by atoms with Crippen molar-refractivity contribution in [2.24, 2.45) is 0 Å². The van der Waals surface area contributed by atoms with Crippen molar-refractivity contribution < 1.29 is 9.53 Å². The van der Waals surface area contributed by atoms with Crippen LogP contribution >= 0.6 is 0 Å². The van der Waals surface area contributed by atoms with E-state index in [1.54, 1.807) is 19.1 Å². The van der Waals surface area contributed by atoms with E-state index >= 15 is 0 Å². The van der Waals surface area contributed by atoms with Gasteiger partial charge in [-0.25, -0.2) is 0 Å². The van der Waals surface area contributed by atoms with Gasteiger partial charge in [-0.15, -0.1) is 0 Å². The molecule has 1 atom stereocenters. The summed E-state index contributed by atoms with van der Waals surface area (Å²) in [4.78, 5) is 11.2. The van der Waals surface area contributed by atoms with Gasteiger partial charge in [-0.1, -0.05) is 0 Å². The summed E-state index contributed by atoms with van der Waals surface area (Å²) in [5, 5.41) is 12.0. The number of nitrogens with one attached hydrogen (secondary N) is 1. The molecule has 1 unspecified atom stereocenters. The van der Waals surface area contributed by atoms with Crippen LogP contribution in [0.2, 0.25) is 0 Å². The molecule has 4 nitrogen and oxygen atoms in total. The zero-order valence-corrected chi connectivity index (χ0v) is 10.8. The van der Waals surface area contributed by atoms with E-state index < -0.39 is 0 Å². The van der Waals surface area contributed by atoms with E-state index in [1.807, 2.05) is 19.1 Å². The predicted octanol–water partition coefficient (Wildman–Crippen LogP) is 2.70. The first kappa shape index (κ1) is 14.0. The molecule has 0 aliphatic carbocycles. The van der Waals surface area contributed by atoms with E-state index in [4.69, 9.17) is 10.00 Å².